The van der Waals surface area contributed by atoms with Gasteiger partial charge in [-0.2, -0.15) is 0 Å². The van der Waals surface area contributed by atoms with Crippen LogP contribution in [0.25, 0.3) is 11.3 Å². The third-order valence-corrected chi connectivity index (χ3v) is 1.96. The molecule has 0 amide bonds. The van der Waals surface area contributed by atoms with Gasteiger partial charge in [-0.15, -0.1) is 0 Å². The van der Waals surface area contributed by atoms with Crippen LogP contribution in [0.4, 0.5) is 5.69 Å². The first-order valence-electron chi connectivity index (χ1n) is 4.32. The van der Waals surface area contributed by atoms with E-state index in [4.69, 9.17) is 5.21 Å². The Morgan fingerprint density at radius 3 is 2.36 bits per heavy atom. The molecule has 1 heterocycles. The molecule has 0 fully saturated rings. The van der Waals surface area contributed by atoms with Crippen LogP contribution in [0.1, 0.15) is 0 Å². The molecular formula is C11H10N2O. The highest BCUT2D eigenvalue weighted by molar-refractivity contribution is 5.60. The molecule has 2 aromatic rings. The van der Waals surface area contributed by atoms with Gasteiger partial charge in [0, 0.05) is 5.56 Å². The van der Waals surface area contributed by atoms with Gasteiger partial charge in [-0.1, -0.05) is 30.3 Å². The first kappa shape index (κ1) is 8.72. The van der Waals surface area contributed by atoms with Gasteiger partial charge >= 0.3 is 0 Å². The highest BCUT2D eigenvalue weighted by Gasteiger charge is 1.97. The Morgan fingerprint density at radius 2 is 1.79 bits per heavy atom. The highest BCUT2D eigenvalue weighted by Crippen LogP contribution is 2.17. The van der Waals surface area contributed by atoms with E-state index in [9.17, 15) is 0 Å². The van der Waals surface area contributed by atoms with E-state index in [-0.39, 0.29) is 0 Å². The number of rotatable bonds is 2. The molecule has 0 unspecified atom stereocenters. The van der Waals surface area contributed by atoms with Crippen molar-refractivity contribution in [2.45, 2.75) is 0 Å². The summed E-state index contributed by atoms with van der Waals surface area (Å²) in [6.07, 6.45) is 1.59. The first-order valence-corrected chi connectivity index (χ1v) is 4.32. The fraction of sp³-hybridized carbons (Fsp3) is 0. The Labute approximate surface area is 82.0 Å². The Morgan fingerprint density at radius 1 is 1.00 bits per heavy atom. The number of pyridine rings is 1. The summed E-state index contributed by atoms with van der Waals surface area (Å²) in [5, 5.41) is 8.61. The number of nitrogens with one attached hydrogen (secondary N) is 1. The van der Waals surface area contributed by atoms with Crippen molar-refractivity contribution in [2.24, 2.45) is 0 Å². The lowest BCUT2D eigenvalue weighted by Gasteiger charge is -2.01. The lowest BCUT2D eigenvalue weighted by atomic mass is 10.1. The van der Waals surface area contributed by atoms with Gasteiger partial charge in [-0.05, 0) is 12.1 Å². The van der Waals surface area contributed by atoms with Crippen LogP contribution < -0.4 is 5.48 Å². The molecule has 0 aliphatic heterocycles. The van der Waals surface area contributed by atoms with Crippen molar-refractivity contribution in [3.63, 3.8) is 0 Å². The van der Waals surface area contributed by atoms with Gasteiger partial charge in [0.2, 0.25) is 0 Å². The average molecular weight is 186 g/mol. The van der Waals surface area contributed by atoms with Crippen LogP contribution in [0.3, 0.4) is 0 Å². The molecule has 0 spiro atoms. The number of hydrogen-bond acceptors (Lipinski definition) is 3. The summed E-state index contributed by atoms with van der Waals surface area (Å²) in [7, 11) is 0. The smallest absolute Gasteiger partial charge is 0.0785 e. The van der Waals surface area contributed by atoms with Gasteiger partial charge in [-0.25, -0.2) is 0 Å². The van der Waals surface area contributed by atoms with E-state index in [1.807, 2.05) is 41.9 Å². The van der Waals surface area contributed by atoms with Gasteiger partial charge < -0.3 is 0 Å². The molecule has 0 saturated carbocycles. The lowest BCUT2D eigenvalue weighted by Crippen LogP contribution is -1.90. The molecule has 0 saturated heterocycles. The molecule has 70 valence electrons. The molecule has 3 heteroatoms. The SMILES string of the molecule is ONc1ccc(-c2ccccc2)nc1. The summed E-state index contributed by atoms with van der Waals surface area (Å²) >= 11 is 0. The van der Waals surface area contributed by atoms with Crippen molar-refractivity contribution in [1.82, 2.24) is 4.98 Å². The van der Waals surface area contributed by atoms with Crippen LogP contribution in [-0.4, -0.2) is 10.2 Å². The van der Waals surface area contributed by atoms with Gasteiger partial charge in [-0.3, -0.25) is 15.7 Å². The Balaban J connectivity index is 2.34. The van der Waals surface area contributed by atoms with Crippen molar-refractivity contribution in [3.05, 3.63) is 48.7 Å². The molecule has 1 aromatic carbocycles. The molecular weight excluding hydrogens is 176 g/mol. The summed E-state index contributed by atoms with van der Waals surface area (Å²) in [4.78, 5) is 4.20. The summed E-state index contributed by atoms with van der Waals surface area (Å²) in [5.41, 5.74) is 4.59. The molecule has 0 radical (unpaired) electrons. The highest BCUT2D eigenvalue weighted by atomic mass is 16.5. The summed E-state index contributed by atoms with van der Waals surface area (Å²) in [6.45, 7) is 0. The first-order chi connectivity index (χ1) is 6.90. The molecule has 0 aliphatic carbocycles. The third-order valence-electron chi connectivity index (χ3n) is 1.96. The van der Waals surface area contributed by atoms with Gasteiger partial charge in [0.15, 0.2) is 0 Å². The van der Waals surface area contributed by atoms with Crippen molar-refractivity contribution < 1.29 is 5.21 Å². The van der Waals surface area contributed by atoms with Crippen LogP contribution in [0.5, 0.6) is 0 Å². The predicted molar refractivity (Wildman–Crippen MR) is 55.1 cm³/mol. The maximum atomic E-state index is 8.61. The van der Waals surface area contributed by atoms with Crippen molar-refractivity contribution in [1.29, 1.82) is 0 Å². The van der Waals surface area contributed by atoms with E-state index in [0.717, 1.165) is 11.3 Å². The second kappa shape index (κ2) is 3.89. The zero-order valence-corrected chi connectivity index (χ0v) is 7.51. The number of anilines is 1. The van der Waals surface area contributed by atoms with Crippen LogP contribution in [-0.2, 0) is 0 Å². The molecule has 0 aliphatic rings. The second-order valence-electron chi connectivity index (χ2n) is 2.91. The summed E-state index contributed by atoms with van der Waals surface area (Å²) in [5.74, 6) is 0. The molecule has 0 bridgehead atoms. The Bertz CT molecular complexity index is 397. The molecule has 0 atom stereocenters. The standard InChI is InChI=1S/C11H10N2O/c14-13-10-6-7-11(12-8-10)9-4-2-1-3-5-9/h1-8,13-14H. The zero-order valence-electron chi connectivity index (χ0n) is 7.51. The number of nitrogens with zero attached hydrogens (tertiary/aromatic N) is 1. The number of benzene rings is 1. The third kappa shape index (κ3) is 1.72. The zero-order chi connectivity index (χ0) is 9.80. The van der Waals surface area contributed by atoms with Gasteiger partial charge in [0.05, 0.1) is 17.6 Å². The van der Waals surface area contributed by atoms with Crippen molar-refractivity contribution >= 4 is 5.69 Å². The minimum Gasteiger partial charge on any atom is -0.291 e. The topological polar surface area (TPSA) is 45.1 Å². The normalized spacial score (nSPS) is 9.79. The molecule has 3 nitrogen and oxygen atoms in total. The Kier molecular flexibility index (Phi) is 2.42. The van der Waals surface area contributed by atoms with Gasteiger partial charge in [0.1, 0.15) is 0 Å². The maximum Gasteiger partial charge on any atom is 0.0785 e. The molecule has 14 heavy (non-hydrogen) atoms. The number of hydrogen-bond donors (Lipinski definition) is 2. The molecule has 2 rings (SSSR count). The quantitative estimate of drug-likeness (QED) is 0.708. The van der Waals surface area contributed by atoms with Crippen LogP contribution in [0.15, 0.2) is 48.7 Å². The molecule has 2 N–H and O–H groups in total. The van der Waals surface area contributed by atoms with E-state index >= 15 is 0 Å². The Hall–Kier alpha value is -1.87. The fourth-order valence-corrected chi connectivity index (χ4v) is 1.24. The van der Waals surface area contributed by atoms with Crippen LogP contribution >= 0.6 is 0 Å². The minimum atomic E-state index is 0.588. The predicted octanol–water partition coefficient (Wildman–Crippen LogP) is 2.55. The molecule has 1 aromatic heterocycles. The fourth-order valence-electron chi connectivity index (χ4n) is 1.24. The maximum absolute atomic E-state index is 8.61. The minimum absolute atomic E-state index is 0.588. The van der Waals surface area contributed by atoms with Gasteiger partial charge in [0.25, 0.3) is 0 Å². The van der Waals surface area contributed by atoms with E-state index in [1.54, 1.807) is 12.3 Å². The second-order valence-corrected chi connectivity index (χ2v) is 2.91. The lowest BCUT2D eigenvalue weighted by molar-refractivity contribution is 0.388. The number of aromatic nitrogens is 1. The average Bonchev–Trinajstić information content (AvgIpc) is 2.30. The summed E-state index contributed by atoms with van der Waals surface area (Å²) in [6, 6.07) is 13.5. The van der Waals surface area contributed by atoms with Crippen LogP contribution in [0, 0.1) is 0 Å². The van der Waals surface area contributed by atoms with Crippen molar-refractivity contribution in [3.8, 4) is 11.3 Å². The van der Waals surface area contributed by atoms with E-state index < -0.39 is 0 Å². The van der Waals surface area contributed by atoms with E-state index in [0.29, 0.717) is 5.69 Å². The van der Waals surface area contributed by atoms with Crippen LogP contribution in [0.2, 0.25) is 0 Å². The largest absolute Gasteiger partial charge is 0.291 e. The monoisotopic (exact) mass is 186 g/mol. The summed E-state index contributed by atoms with van der Waals surface area (Å²) < 4.78 is 0. The van der Waals surface area contributed by atoms with E-state index in [2.05, 4.69) is 4.98 Å². The van der Waals surface area contributed by atoms with E-state index in [1.165, 1.54) is 0 Å². The van der Waals surface area contributed by atoms with Crippen molar-refractivity contribution in [2.75, 3.05) is 5.48 Å².